The molecule has 0 spiro atoms. The molecule has 1 aromatic carbocycles. The van der Waals surface area contributed by atoms with Gasteiger partial charge in [0.05, 0.1) is 12.2 Å². The van der Waals surface area contributed by atoms with E-state index in [1.54, 1.807) is 19.1 Å². The van der Waals surface area contributed by atoms with Crippen molar-refractivity contribution in [2.24, 2.45) is 0 Å². The van der Waals surface area contributed by atoms with Crippen molar-refractivity contribution in [2.45, 2.75) is 46.6 Å². The molecule has 0 amide bonds. The van der Waals surface area contributed by atoms with Gasteiger partial charge in [-0.2, -0.15) is 5.10 Å². The number of carbonyl (C=O) groups is 2. The van der Waals surface area contributed by atoms with Crippen LogP contribution < -0.4 is 0 Å². The molecule has 25 heavy (non-hydrogen) atoms. The maximum Gasteiger partial charge on any atom is 0.359 e. The molecule has 0 atom stereocenters. The Labute approximate surface area is 147 Å². The minimum absolute atomic E-state index is 0.300. The number of aromatic amines is 1. The molecule has 1 heterocycles. The summed E-state index contributed by atoms with van der Waals surface area (Å²) in [5.74, 6) is -0.794. The van der Waals surface area contributed by atoms with Gasteiger partial charge in [-0.3, -0.25) is 5.10 Å². The maximum absolute atomic E-state index is 12.1. The SMILES string of the molecule is CCOC(=O)c1n[nH]c(C)c1Cc1ccc(C(=O)OC(C)(C)C)cc1. The van der Waals surface area contributed by atoms with Crippen molar-refractivity contribution in [1.82, 2.24) is 10.2 Å². The lowest BCUT2D eigenvalue weighted by Crippen LogP contribution is -2.23. The molecule has 0 saturated carbocycles. The van der Waals surface area contributed by atoms with Gasteiger partial charge in [0, 0.05) is 17.7 Å². The van der Waals surface area contributed by atoms with Gasteiger partial charge in [-0.05, 0) is 52.3 Å². The second-order valence-corrected chi connectivity index (χ2v) is 6.77. The van der Waals surface area contributed by atoms with Crippen molar-refractivity contribution in [3.8, 4) is 0 Å². The van der Waals surface area contributed by atoms with Crippen LogP contribution in [-0.2, 0) is 15.9 Å². The highest BCUT2D eigenvalue weighted by Gasteiger charge is 2.20. The number of ether oxygens (including phenoxy) is 2. The molecule has 6 heteroatoms. The predicted octanol–water partition coefficient (Wildman–Crippen LogP) is 3.44. The Morgan fingerprint density at radius 2 is 1.76 bits per heavy atom. The van der Waals surface area contributed by atoms with Crippen LogP contribution in [0.15, 0.2) is 24.3 Å². The van der Waals surface area contributed by atoms with E-state index in [9.17, 15) is 9.59 Å². The molecule has 2 rings (SSSR count). The van der Waals surface area contributed by atoms with E-state index in [2.05, 4.69) is 10.2 Å². The number of nitrogens with one attached hydrogen (secondary N) is 1. The average molecular weight is 344 g/mol. The van der Waals surface area contributed by atoms with Crippen LogP contribution in [0.1, 0.15) is 65.4 Å². The number of H-pyrrole nitrogens is 1. The van der Waals surface area contributed by atoms with E-state index in [1.165, 1.54) is 0 Å². The first kappa shape index (κ1) is 18.7. The molecule has 0 fully saturated rings. The van der Waals surface area contributed by atoms with Crippen LogP contribution in [0.4, 0.5) is 0 Å². The lowest BCUT2D eigenvalue weighted by atomic mass is 10.0. The number of benzene rings is 1. The smallest absolute Gasteiger partial charge is 0.359 e. The number of nitrogens with zero attached hydrogens (tertiary/aromatic N) is 1. The number of hydrogen-bond acceptors (Lipinski definition) is 5. The number of rotatable bonds is 5. The molecular formula is C19H24N2O4. The molecule has 0 unspecified atom stereocenters. The van der Waals surface area contributed by atoms with Gasteiger partial charge >= 0.3 is 11.9 Å². The minimum atomic E-state index is -0.530. The molecule has 0 aliphatic carbocycles. The van der Waals surface area contributed by atoms with E-state index in [0.717, 1.165) is 16.8 Å². The molecule has 2 aromatic rings. The van der Waals surface area contributed by atoms with Crippen LogP contribution in [0.3, 0.4) is 0 Å². The number of aromatic nitrogens is 2. The fourth-order valence-electron chi connectivity index (χ4n) is 2.34. The van der Waals surface area contributed by atoms with Crippen LogP contribution >= 0.6 is 0 Å². The molecular weight excluding hydrogens is 320 g/mol. The van der Waals surface area contributed by atoms with Gasteiger partial charge in [-0.15, -0.1) is 0 Å². The summed E-state index contributed by atoms with van der Waals surface area (Å²) in [6.07, 6.45) is 0.519. The third-order valence-electron chi connectivity index (χ3n) is 3.51. The van der Waals surface area contributed by atoms with Gasteiger partial charge < -0.3 is 9.47 Å². The summed E-state index contributed by atoms with van der Waals surface area (Å²) in [4.78, 5) is 24.0. The number of hydrogen-bond donors (Lipinski definition) is 1. The zero-order valence-corrected chi connectivity index (χ0v) is 15.3. The summed E-state index contributed by atoms with van der Waals surface area (Å²) in [5.41, 5.74) is 2.84. The van der Waals surface area contributed by atoms with Crippen molar-refractivity contribution in [3.05, 3.63) is 52.3 Å². The molecule has 0 bridgehead atoms. The standard InChI is InChI=1S/C19H24N2O4/c1-6-24-18(23)16-15(12(2)20-21-16)11-13-7-9-14(10-8-13)17(22)25-19(3,4)5/h7-10H,6,11H2,1-5H3,(H,20,21). The number of aryl methyl sites for hydroxylation is 1. The monoisotopic (exact) mass is 344 g/mol. The van der Waals surface area contributed by atoms with E-state index >= 15 is 0 Å². The Morgan fingerprint density at radius 3 is 2.32 bits per heavy atom. The summed E-state index contributed by atoms with van der Waals surface area (Å²) < 4.78 is 10.4. The fourth-order valence-corrected chi connectivity index (χ4v) is 2.34. The third-order valence-corrected chi connectivity index (χ3v) is 3.51. The summed E-state index contributed by atoms with van der Waals surface area (Å²) in [5, 5.41) is 6.87. The molecule has 1 N–H and O–H groups in total. The third kappa shape index (κ3) is 4.92. The molecule has 0 saturated heterocycles. The Bertz CT molecular complexity index is 755. The lowest BCUT2D eigenvalue weighted by molar-refractivity contribution is 0.00693. The summed E-state index contributed by atoms with van der Waals surface area (Å²) in [6, 6.07) is 7.15. The first-order valence-electron chi connectivity index (χ1n) is 8.24. The van der Waals surface area contributed by atoms with E-state index in [4.69, 9.17) is 9.47 Å². The molecule has 0 aliphatic rings. The molecule has 6 nitrogen and oxygen atoms in total. The van der Waals surface area contributed by atoms with Crippen LogP contribution in [0.5, 0.6) is 0 Å². The van der Waals surface area contributed by atoms with Crippen LogP contribution in [0, 0.1) is 6.92 Å². The van der Waals surface area contributed by atoms with Crippen LogP contribution in [0.2, 0.25) is 0 Å². The molecule has 134 valence electrons. The van der Waals surface area contributed by atoms with Gasteiger partial charge in [0.1, 0.15) is 5.60 Å². The van der Waals surface area contributed by atoms with Crippen molar-refractivity contribution in [1.29, 1.82) is 0 Å². The zero-order valence-electron chi connectivity index (χ0n) is 15.3. The van der Waals surface area contributed by atoms with E-state index < -0.39 is 11.6 Å². The molecule has 0 radical (unpaired) electrons. The Kier molecular flexibility index (Phi) is 5.62. The van der Waals surface area contributed by atoms with Crippen molar-refractivity contribution >= 4 is 11.9 Å². The van der Waals surface area contributed by atoms with E-state index in [-0.39, 0.29) is 5.97 Å². The largest absolute Gasteiger partial charge is 0.461 e. The van der Waals surface area contributed by atoms with Crippen molar-refractivity contribution in [2.75, 3.05) is 6.61 Å². The first-order valence-corrected chi connectivity index (χ1v) is 8.24. The highest BCUT2D eigenvalue weighted by atomic mass is 16.6. The van der Waals surface area contributed by atoms with Gasteiger partial charge in [0.2, 0.25) is 0 Å². The van der Waals surface area contributed by atoms with Gasteiger partial charge in [-0.1, -0.05) is 12.1 Å². The lowest BCUT2D eigenvalue weighted by Gasteiger charge is -2.19. The van der Waals surface area contributed by atoms with Crippen LogP contribution in [-0.4, -0.2) is 34.3 Å². The maximum atomic E-state index is 12.1. The van der Waals surface area contributed by atoms with Crippen LogP contribution in [0.25, 0.3) is 0 Å². The summed E-state index contributed by atoms with van der Waals surface area (Å²) >= 11 is 0. The average Bonchev–Trinajstić information content (AvgIpc) is 2.88. The minimum Gasteiger partial charge on any atom is -0.461 e. The van der Waals surface area contributed by atoms with Gasteiger partial charge in [-0.25, -0.2) is 9.59 Å². The second-order valence-electron chi connectivity index (χ2n) is 6.77. The highest BCUT2D eigenvalue weighted by molar-refractivity contribution is 5.90. The van der Waals surface area contributed by atoms with Crippen molar-refractivity contribution < 1.29 is 19.1 Å². The predicted molar refractivity (Wildman–Crippen MR) is 93.7 cm³/mol. The highest BCUT2D eigenvalue weighted by Crippen LogP contribution is 2.19. The Hall–Kier alpha value is -2.63. The van der Waals surface area contributed by atoms with E-state index in [0.29, 0.717) is 24.3 Å². The summed E-state index contributed by atoms with van der Waals surface area (Å²) in [7, 11) is 0. The van der Waals surface area contributed by atoms with Gasteiger partial charge in [0.25, 0.3) is 0 Å². The second kappa shape index (κ2) is 7.51. The molecule has 0 aliphatic heterocycles. The normalized spacial score (nSPS) is 11.2. The van der Waals surface area contributed by atoms with Gasteiger partial charge in [0.15, 0.2) is 5.69 Å². The Balaban J connectivity index is 2.16. The van der Waals surface area contributed by atoms with E-state index in [1.807, 2.05) is 39.8 Å². The topological polar surface area (TPSA) is 81.3 Å². The first-order chi connectivity index (χ1) is 11.7. The number of esters is 2. The van der Waals surface area contributed by atoms with Crippen molar-refractivity contribution in [3.63, 3.8) is 0 Å². The molecule has 1 aromatic heterocycles. The Morgan fingerprint density at radius 1 is 1.12 bits per heavy atom. The number of carbonyl (C=O) groups excluding carboxylic acids is 2. The summed E-state index contributed by atoms with van der Waals surface area (Å²) in [6.45, 7) is 9.41. The zero-order chi connectivity index (χ0) is 18.6. The quantitative estimate of drug-likeness (QED) is 0.840. The fraction of sp³-hybridized carbons (Fsp3) is 0.421.